The van der Waals surface area contributed by atoms with E-state index in [9.17, 15) is 9.59 Å². The lowest BCUT2D eigenvalue weighted by molar-refractivity contribution is -0.138. The predicted molar refractivity (Wildman–Crippen MR) is 99.6 cm³/mol. The molecule has 0 aliphatic heterocycles. The molecule has 0 aliphatic carbocycles. The maximum atomic E-state index is 12.2. The molecular weight excluding hydrogens is 413 g/mol. The van der Waals surface area contributed by atoms with Crippen LogP contribution < -0.4 is 5.32 Å². The summed E-state index contributed by atoms with van der Waals surface area (Å²) in [6.07, 6.45) is 0.522. The van der Waals surface area contributed by atoms with Crippen molar-refractivity contribution in [2.75, 3.05) is 26.3 Å². The number of ether oxygens (including phenoxy) is 2. The third-order valence-electron chi connectivity index (χ3n) is 2.62. The normalized spacial score (nSPS) is 11.3. The van der Waals surface area contributed by atoms with Crippen LogP contribution in [-0.4, -0.2) is 52.0 Å². The van der Waals surface area contributed by atoms with Crippen molar-refractivity contribution in [1.29, 1.82) is 5.26 Å². The molecule has 0 bridgehead atoms. The molecule has 1 N–H and O–H groups in total. The van der Waals surface area contributed by atoms with Crippen molar-refractivity contribution in [2.45, 2.75) is 24.1 Å². The summed E-state index contributed by atoms with van der Waals surface area (Å²) >= 11 is 21.5. The molecule has 0 aromatic heterocycles. The summed E-state index contributed by atoms with van der Waals surface area (Å²) in [6, 6.07) is 1.85. The molecule has 0 aromatic carbocycles. The van der Waals surface area contributed by atoms with Gasteiger partial charge in [-0.3, -0.25) is 5.32 Å². The lowest BCUT2D eigenvalue weighted by Crippen LogP contribution is -2.36. The number of nitrogens with zero attached hydrogens (tertiary/aromatic N) is 2. The fraction of sp³-hybridized carbons (Fsp3) is 0.571. The average Bonchev–Trinajstić information content (AvgIpc) is 2.53. The first-order valence-corrected chi connectivity index (χ1v) is 8.73. The van der Waals surface area contributed by atoms with Crippen LogP contribution in [0.25, 0.3) is 0 Å². The van der Waals surface area contributed by atoms with E-state index in [4.69, 9.17) is 61.8 Å². The zero-order valence-electron chi connectivity index (χ0n) is 13.7. The van der Waals surface area contributed by atoms with Gasteiger partial charge in [0.1, 0.15) is 23.8 Å². The largest absolute Gasteiger partial charge is 0.461 e. The lowest BCUT2D eigenvalue weighted by Gasteiger charge is -2.18. The van der Waals surface area contributed by atoms with Crippen molar-refractivity contribution in [1.82, 2.24) is 10.2 Å². The van der Waals surface area contributed by atoms with Crippen molar-refractivity contribution in [2.24, 2.45) is 0 Å². The highest BCUT2D eigenvalue weighted by Crippen LogP contribution is 2.25. The highest BCUT2D eigenvalue weighted by atomic mass is 35.6. The van der Waals surface area contributed by atoms with Gasteiger partial charge < -0.3 is 14.4 Å². The Hall–Kier alpha value is -1.27. The second-order valence-corrected chi connectivity index (χ2v) is 7.38. The van der Waals surface area contributed by atoms with Gasteiger partial charge in [-0.05, 0) is 13.8 Å². The number of halogens is 3. The number of esters is 1. The molecule has 1 amide bonds. The van der Waals surface area contributed by atoms with Crippen LogP contribution in [0, 0.1) is 11.3 Å². The van der Waals surface area contributed by atoms with Crippen LogP contribution in [0.1, 0.15) is 20.3 Å². The predicted octanol–water partition coefficient (Wildman–Crippen LogP) is 3.09. The molecule has 0 aliphatic rings. The van der Waals surface area contributed by atoms with Gasteiger partial charge in [-0.25, -0.2) is 9.59 Å². The Morgan fingerprint density at radius 2 is 1.88 bits per heavy atom. The zero-order chi connectivity index (χ0) is 19.5. The Bertz CT molecular complexity index is 555. The third kappa shape index (κ3) is 11.1. The number of alkyl halides is 3. The molecule has 0 rings (SSSR count). The van der Waals surface area contributed by atoms with Crippen LogP contribution in [0.2, 0.25) is 0 Å². The zero-order valence-corrected chi connectivity index (χ0v) is 16.8. The number of hydrogen-bond donors (Lipinski definition) is 1. The van der Waals surface area contributed by atoms with Crippen LogP contribution in [-0.2, 0) is 14.3 Å². The number of nitrogens with one attached hydrogen (secondary N) is 1. The topological polar surface area (TPSA) is 91.7 Å². The minimum absolute atomic E-state index is 0.0375. The summed E-state index contributed by atoms with van der Waals surface area (Å²) in [5.41, 5.74) is -0.0533. The second-order valence-electron chi connectivity index (χ2n) is 4.45. The number of rotatable bonds is 8. The molecule has 0 heterocycles. The van der Waals surface area contributed by atoms with E-state index in [2.05, 4.69) is 5.32 Å². The Morgan fingerprint density at radius 3 is 2.36 bits per heavy atom. The first-order valence-electron chi connectivity index (χ1n) is 7.19. The first-order chi connectivity index (χ1) is 11.6. The summed E-state index contributed by atoms with van der Waals surface area (Å²) in [5.74, 6) is -0.770. The number of amides is 1. The molecule has 0 aromatic rings. The second kappa shape index (κ2) is 12.1. The standard InChI is InChI=1S/C14H18Cl3N3O4S/c1-3-20(4-2)8-10(12(21)23-7-5-6-18)11(25)19-13(22)24-9-14(15,16)17/h8H,3-5,7,9H2,1-2H3,(H,19,22,25). The number of alkyl carbamates (subject to hydrolysis) is 1. The highest BCUT2D eigenvalue weighted by Gasteiger charge is 2.24. The van der Waals surface area contributed by atoms with Gasteiger partial charge in [0.05, 0.1) is 12.5 Å². The summed E-state index contributed by atoms with van der Waals surface area (Å²) in [7, 11) is 0. The van der Waals surface area contributed by atoms with E-state index in [-0.39, 0.29) is 23.6 Å². The molecule has 0 atom stereocenters. The fourth-order valence-corrected chi connectivity index (χ4v) is 1.79. The van der Waals surface area contributed by atoms with E-state index in [1.54, 1.807) is 4.90 Å². The molecule has 0 saturated heterocycles. The summed E-state index contributed by atoms with van der Waals surface area (Å²) in [4.78, 5) is 25.4. The van der Waals surface area contributed by atoms with E-state index in [0.717, 1.165) is 0 Å². The van der Waals surface area contributed by atoms with E-state index in [1.165, 1.54) is 6.20 Å². The number of carbonyl (C=O) groups excluding carboxylic acids is 2. The van der Waals surface area contributed by atoms with Crippen LogP contribution in [0.3, 0.4) is 0 Å². The van der Waals surface area contributed by atoms with Crippen LogP contribution in [0.4, 0.5) is 4.79 Å². The summed E-state index contributed by atoms with van der Waals surface area (Å²) in [6.45, 7) is 4.38. The molecule has 0 radical (unpaired) electrons. The molecule has 0 spiro atoms. The van der Waals surface area contributed by atoms with E-state index in [1.807, 2.05) is 19.9 Å². The average molecular weight is 431 g/mol. The van der Waals surface area contributed by atoms with Crippen LogP contribution in [0.5, 0.6) is 0 Å². The quantitative estimate of drug-likeness (QED) is 0.208. The van der Waals surface area contributed by atoms with E-state index < -0.39 is 22.5 Å². The SMILES string of the molecule is CCN(C=C(C(=O)OCCC#N)C(=S)NC(=O)OCC(Cl)(Cl)Cl)CC. The maximum Gasteiger partial charge on any atom is 0.412 e. The van der Waals surface area contributed by atoms with Crippen molar-refractivity contribution in [3.63, 3.8) is 0 Å². The van der Waals surface area contributed by atoms with Crippen LogP contribution >= 0.6 is 47.0 Å². The van der Waals surface area contributed by atoms with Crippen LogP contribution in [0.15, 0.2) is 11.8 Å². The maximum absolute atomic E-state index is 12.2. The van der Waals surface area contributed by atoms with Gasteiger partial charge in [-0.2, -0.15) is 5.26 Å². The van der Waals surface area contributed by atoms with Crippen molar-refractivity contribution < 1.29 is 19.1 Å². The number of thiocarbonyl (C=S) groups is 1. The van der Waals surface area contributed by atoms with Gasteiger partial charge in [-0.1, -0.05) is 47.0 Å². The number of hydrogen-bond acceptors (Lipinski definition) is 7. The van der Waals surface area contributed by atoms with Gasteiger partial charge in [0.15, 0.2) is 0 Å². The van der Waals surface area contributed by atoms with Gasteiger partial charge in [-0.15, -0.1) is 0 Å². The third-order valence-corrected chi connectivity index (χ3v) is 3.27. The summed E-state index contributed by atoms with van der Waals surface area (Å²) in [5, 5.41) is 10.7. The van der Waals surface area contributed by atoms with Gasteiger partial charge in [0.2, 0.25) is 3.79 Å². The molecule has 0 saturated carbocycles. The Morgan fingerprint density at radius 1 is 1.28 bits per heavy atom. The first kappa shape index (κ1) is 23.7. The minimum Gasteiger partial charge on any atom is -0.461 e. The van der Waals surface area contributed by atoms with Gasteiger partial charge in [0, 0.05) is 19.3 Å². The van der Waals surface area contributed by atoms with Crippen molar-refractivity contribution in [3.05, 3.63) is 11.8 Å². The van der Waals surface area contributed by atoms with E-state index >= 15 is 0 Å². The Labute approximate surface area is 166 Å². The van der Waals surface area contributed by atoms with Gasteiger partial charge in [0.25, 0.3) is 0 Å². The minimum atomic E-state index is -1.77. The molecule has 140 valence electrons. The highest BCUT2D eigenvalue weighted by molar-refractivity contribution is 7.80. The van der Waals surface area contributed by atoms with Crippen molar-refractivity contribution >= 4 is 64.1 Å². The number of carbonyl (C=O) groups is 2. The molecule has 11 heteroatoms. The Balaban J connectivity index is 5.06. The van der Waals surface area contributed by atoms with Crippen molar-refractivity contribution in [3.8, 4) is 6.07 Å². The van der Waals surface area contributed by atoms with E-state index in [0.29, 0.717) is 13.1 Å². The molecular formula is C14H18Cl3N3O4S. The lowest BCUT2D eigenvalue weighted by atomic mass is 10.2. The smallest absolute Gasteiger partial charge is 0.412 e. The molecule has 0 unspecified atom stereocenters. The molecule has 7 nitrogen and oxygen atoms in total. The Kier molecular flexibility index (Phi) is 11.5. The molecule has 25 heavy (non-hydrogen) atoms. The summed E-state index contributed by atoms with van der Waals surface area (Å²) < 4.78 is 7.88. The monoisotopic (exact) mass is 429 g/mol. The fourth-order valence-electron chi connectivity index (χ4n) is 1.40. The number of nitriles is 1. The molecule has 0 fully saturated rings. The van der Waals surface area contributed by atoms with Gasteiger partial charge >= 0.3 is 12.1 Å².